The van der Waals surface area contributed by atoms with Crippen LogP contribution in [0.4, 0.5) is 0 Å². The minimum absolute atomic E-state index is 0.510. The molecule has 0 aromatic heterocycles. The Hall–Kier alpha value is -1.64. The molecule has 2 aliphatic heterocycles. The van der Waals surface area contributed by atoms with Crippen LogP contribution in [0.25, 0.3) is 0 Å². The van der Waals surface area contributed by atoms with Gasteiger partial charge >= 0.3 is 0 Å². The van der Waals surface area contributed by atoms with Gasteiger partial charge in [-0.15, -0.1) is 6.42 Å². The van der Waals surface area contributed by atoms with Crippen molar-refractivity contribution in [2.24, 2.45) is 0 Å². The summed E-state index contributed by atoms with van der Waals surface area (Å²) in [5.74, 6) is 7.65. The highest BCUT2D eigenvalue weighted by Gasteiger charge is 2.38. The van der Waals surface area contributed by atoms with Gasteiger partial charge in [-0.25, -0.2) is 0 Å². The molecule has 0 N–H and O–H groups in total. The van der Waals surface area contributed by atoms with Crippen LogP contribution in [0.2, 0.25) is 0 Å². The van der Waals surface area contributed by atoms with Crippen molar-refractivity contribution in [1.82, 2.24) is 0 Å². The Morgan fingerprint density at radius 3 is 3.21 bits per heavy atom. The number of ether oxygens (including phenoxy) is 2. The van der Waals surface area contributed by atoms with E-state index in [0.29, 0.717) is 0 Å². The lowest BCUT2D eigenvalue weighted by Crippen LogP contribution is -2.24. The molecule has 1 atom stereocenters. The Balaban J connectivity index is 2.06. The van der Waals surface area contributed by atoms with Gasteiger partial charge in [-0.3, -0.25) is 0 Å². The molecular weight excluding hydrogens is 176 g/mol. The van der Waals surface area contributed by atoms with Crippen LogP contribution < -0.4 is 0 Å². The molecule has 0 aromatic carbocycles. The van der Waals surface area contributed by atoms with Crippen molar-refractivity contribution in [3.8, 4) is 24.2 Å². The lowest BCUT2D eigenvalue weighted by molar-refractivity contribution is -0.135. The van der Waals surface area contributed by atoms with Gasteiger partial charge in [0.05, 0.1) is 6.61 Å². The molecule has 0 radical (unpaired) electrons. The smallest absolute Gasteiger partial charge is 0.230 e. The minimum atomic E-state index is -0.510. The second-order valence-electron chi connectivity index (χ2n) is 3.16. The second-order valence-corrected chi connectivity index (χ2v) is 3.16. The zero-order chi connectivity index (χ0) is 9.86. The molecule has 0 aliphatic carbocycles. The Morgan fingerprint density at radius 2 is 2.50 bits per heavy atom. The third kappa shape index (κ3) is 1.66. The van der Waals surface area contributed by atoms with Crippen LogP contribution in [-0.4, -0.2) is 12.4 Å². The van der Waals surface area contributed by atoms with Crippen molar-refractivity contribution in [3.63, 3.8) is 0 Å². The first-order chi connectivity index (χ1) is 6.85. The average molecular weight is 186 g/mol. The highest BCUT2D eigenvalue weighted by atomic mass is 16.7. The van der Waals surface area contributed by atoms with Crippen LogP contribution in [0.15, 0.2) is 24.0 Å². The van der Waals surface area contributed by atoms with Gasteiger partial charge in [0.25, 0.3) is 0 Å². The van der Waals surface area contributed by atoms with Gasteiger partial charge in [-0.05, 0) is 30.4 Å². The van der Waals surface area contributed by atoms with Crippen LogP contribution in [0.1, 0.15) is 12.8 Å². The highest BCUT2D eigenvalue weighted by Crippen LogP contribution is 2.35. The molecule has 0 amide bonds. The largest absolute Gasteiger partial charge is 0.458 e. The summed E-state index contributed by atoms with van der Waals surface area (Å²) in [7, 11) is 0. The molecule has 0 aromatic rings. The zero-order valence-corrected chi connectivity index (χ0v) is 7.75. The first-order valence-electron chi connectivity index (χ1n) is 4.53. The normalized spacial score (nSPS) is 31.2. The summed E-state index contributed by atoms with van der Waals surface area (Å²) in [4.78, 5) is 0. The molecule has 1 fully saturated rings. The van der Waals surface area contributed by atoms with E-state index >= 15 is 0 Å². The molecular formula is C12H10O2. The van der Waals surface area contributed by atoms with Gasteiger partial charge in [-0.2, -0.15) is 0 Å². The summed E-state index contributed by atoms with van der Waals surface area (Å²) in [6, 6.07) is 0. The molecule has 0 unspecified atom stereocenters. The van der Waals surface area contributed by atoms with E-state index in [4.69, 9.17) is 15.9 Å². The predicted molar refractivity (Wildman–Crippen MR) is 52.8 cm³/mol. The fraction of sp³-hybridized carbons (Fsp3) is 0.333. The Morgan fingerprint density at radius 1 is 1.57 bits per heavy atom. The quantitative estimate of drug-likeness (QED) is 0.535. The minimum Gasteiger partial charge on any atom is -0.458 e. The molecule has 0 saturated carbocycles. The van der Waals surface area contributed by atoms with Crippen LogP contribution in [0.3, 0.4) is 0 Å². The van der Waals surface area contributed by atoms with Gasteiger partial charge in [0.15, 0.2) is 0 Å². The SMILES string of the molecule is C#CC#C/C=C1\C=C[C@@]2(CCCO2)O1. The third-order valence-corrected chi connectivity index (χ3v) is 2.17. The fourth-order valence-corrected chi connectivity index (χ4v) is 1.55. The summed E-state index contributed by atoms with van der Waals surface area (Å²) in [6.45, 7) is 0.758. The number of allylic oxidation sites excluding steroid dienone is 2. The van der Waals surface area contributed by atoms with Crippen molar-refractivity contribution in [3.05, 3.63) is 24.0 Å². The maximum atomic E-state index is 5.61. The highest BCUT2D eigenvalue weighted by molar-refractivity contribution is 5.34. The first-order valence-corrected chi connectivity index (χ1v) is 4.53. The van der Waals surface area contributed by atoms with Crippen molar-refractivity contribution in [1.29, 1.82) is 0 Å². The van der Waals surface area contributed by atoms with Gasteiger partial charge < -0.3 is 9.47 Å². The number of hydrogen-bond acceptors (Lipinski definition) is 2. The predicted octanol–water partition coefficient (Wildman–Crippen LogP) is 1.60. The summed E-state index contributed by atoms with van der Waals surface area (Å²) in [5.41, 5.74) is 0. The van der Waals surface area contributed by atoms with Gasteiger partial charge in [0.2, 0.25) is 5.79 Å². The maximum absolute atomic E-state index is 5.61. The van der Waals surface area contributed by atoms with E-state index in [-0.39, 0.29) is 0 Å². The van der Waals surface area contributed by atoms with E-state index in [1.165, 1.54) is 0 Å². The topological polar surface area (TPSA) is 18.5 Å². The molecule has 1 spiro atoms. The van der Waals surface area contributed by atoms with E-state index < -0.39 is 5.79 Å². The monoisotopic (exact) mass is 186 g/mol. The molecule has 2 heteroatoms. The molecule has 14 heavy (non-hydrogen) atoms. The van der Waals surface area contributed by atoms with Crippen LogP contribution in [0.5, 0.6) is 0 Å². The number of hydrogen-bond donors (Lipinski definition) is 0. The molecule has 2 rings (SSSR count). The lowest BCUT2D eigenvalue weighted by atomic mass is 10.2. The summed E-state index contributed by atoms with van der Waals surface area (Å²) < 4.78 is 11.1. The van der Waals surface area contributed by atoms with Crippen LogP contribution >= 0.6 is 0 Å². The van der Waals surface area contributed by atoms with Crippen molar-refractivity contribution >= 4 is 0 Å². The Labute approximate surface area is 83.6 Å². The van der Waals surface area contributed by atoms with Crippen molar-refractivity contribution in [2.45, 2.75) is 18.6 Å². The first kappa shape index (κ1) is 8.94. The van der Waals surface area contributed by atoms with Crippen molar-refractivity contribution in [2.75, 3.05) is 6.61 Å². The molecule has 70 valence electrons. The lowest BCUT2D eigenvalue weighted by Gasteiger charge is -2.20. The molecule has 1 saturated heterocycles. The van der Waals surface area contributed by atoms with E-state index in [1.807, 2.05) is 12.2 Å². The summed E-state index contributed by atoms with van der Waals surface area (Å²) in [6.07, 6.45) is 12.4. The average Bonchev–Trinajstić information content (AvgIpc) is 2.79. The molecule has 2 heterocycles. The van der Waals surface area contributed by atoms with Gasteiger partial charge in [0, 0.05) is 12.5 Å². The third-order valence-electron chi connectivity index (χ3n) is 2.17. The molecule has 2 aliphatic rings. The summed E-state index contributed by atoms with van der Waals surface area (Å²) >= 11 is 0. The zero-order valence-electron chi connectivity index (χ0n) is 7.75. The van der Waals surface area contributed by atoms with Gasteiger partial charge in [0.1, 0.15) is 5.76 Å². The van der Waals surface area contributed by atoms with Crippen LogP contribution in [-0.2, 0) is 9.47 Å². The van der Waals surface area contributed by atoms with E-state index in [0.717, 1.165) is 25.2 Å². The van der Waals surface area contributed by atoms with Gasteiger partial charge in [-0.1, -0.05) is 5.92 Å². The second kappa shape index (κ2) is 3.62. The standard InChI is InChI=1S/C12H10O2/c1-2-3-4-6-11-7-9-12(14-11)8-5-10-13-12/h1,6-7,9H,5,8,10H2/b11-6+/t12-/m1/s1. The van der Waals surface area contributed by atoms with E-state index in [9.17, 15) is 0 Å². The summed E-state index contributed by atoms with van der Waals surface area (Å²) in [5, 5.41) is 0. The van der Waals surface area contributed by atoms with Crippen molar-refractivity contribution < 1.29 is 9.47 Å². The number of terminal acetylenes is 1. The molecule has 0 bridgehead atoms. The fourth-order valence-electron chi connectivity index (χ4n) is 1.55. The number of rotatable bonds is 0. The van der Waals surface area contributed by atoms with E-state index in [2.05, 4.69) is 17.8 Å². The molecule has 2 nitrogen and oxygen atoms in total. The Kier molecular flexibility index (Phi) is 2.31. The van der Waals surface area contributed by atoms with Crippen LogP contribution in [0, 0.1) is 24.2 Å². The Bertz CT molecular complexity index is 379. The maximum Gasteiger partial charge on any atom is 0.230 e. The van der Waals surface area contributed by atoms with E-state index in [1.54, 1.807) is 6.08 Å².